The summed E-state index contributed by atoms with van der Waals surface area (Å²) in [7, 11) is 3.38. The minimum absolute atomic E-state index is 0.373. The maximum atomic E-state index is 6.20. The molecule has 0 saturated carbocycles. The van der Waals surface area contributed by atoms with Gasteiger partial charge in [-0.2, -0.15) is 0 Å². The second-order valence-corrected chi connectivity index (χ2v) is 4.24. The molecule has 6 nitrogen and oxygen atoms in total. The average molecular weight is 298 g/mol. The zero-order chi connectivity index (χ0) is 12.4. The van der Waals surface area contributed by atoms with Gasteiger partial charge in [-0.1, -0.05) is 5.21 Å². The second-order valence-electron chi connectivity index (χ2n) is 3.48. The number of aromatic nitrogens is 4. The molecule has 1 atom stereocenters. The van der Waals surface area contributed by atoms with E-state index in [1.54, 1.807) is 31.2 Å². The zero-order valence-corrected chi connectivity index (χ0v) is 11.0. The number of hydrogen-bond acceptors (Lipinski definition) is 5. The number of ether oxygens (including phenoxy) is 1. The monoisotopic (exact) mass is 297 g/mol. The molecule has 17 heavy (non-hydrogen) atoms. The molecular formula is C10H12BrN5O. The van der Waals surface area contributed by atoms with Gasteiger partial charge in [-0.05, 0) is 22.0 Å². The van der Waals surface area contributed by atoms with E-state index in [0.717, 1.165) is 11.3 Å². The molecule has 0 saturated heterocycles. The zero-order valence-electron chi connectivity index (χ0n) is 9.46. The Morgan fingerprint density at radius 3 is 2.88 bits per heavy atom. The number of rotatable bonds is 3. The standard InChI is InChI=1S/C10H12BrN5O/c1-16-9(10(11)14-15-16)8(12)6-3-4-13-5-7(6)17-2/h3-5,8H,12H2,1-2H3. The van der Waals surface area contributed by atoms with Crippen molar-refractivity contribution >= 4 is 15.9 Å². The van der Waals surface area contributed by atoms with Crippen LogP contribution in [0.1, 0.15) is 17.3 Å². The summed E-state index contributed by atoms with van der Waals surface area (Å²) < 4.78 is 7.50. The fourth-order valence-electron chi connectivity index (χ4n) is 1.63. The third kappa shape index (κ3) is 2.16. The Morgan fingerprint density at radius 1 is 1.53 bits per heavy atom. The Balaban J connectivity index is 2.47. The molecule has 0 aliphatic heterocycles. The summed E-state index contributed by atoms with van der Waals surface area (Å²) in [5.74, 6) is 0.646. The Morgan fingerprint density at radius 2 is 2.29 bits per heavy atom. The van der Waals surface area contributed by atoms with Gasteiger partial charge in [-0.15, -0.1) is 5.10 Å². The summed E-state index contributed by atoms with van der Waals surface area (Å²) >= 11 is 3.33. The van der Waals surface area contributed by atoms with Crippen LogP contribution in [0.15, 0.2) is 23.1 Å². The van der Waals surface area contributed by atoms with E-state index in [0.29, 0.717) is 10.4 Å². The van der Waals surface area contributed by atoms with Gasteiger partial charge in [0.2, 0.25) is 0 Å². The summed E-state index contributed by atoms with van der Waals surface area (Å²) in [5.41, 5.74) is 7.83. The van der Waals surface area contributed by atoms with Gasteiger partial charge in [0.25, 0.3) is 0 Å². The van der Waals surface area contributed by atoms with Crippen LogP contribution in [0.4, 0.5) is 0 Å². The maximum absolute atomic E-state index is 6.20. The number of methoxy groups -OCH3 is 1. The lowest BCUT2D eigenvalue weighted by atomic mass is 10.1. The molecule has 0 amide bonds. The molecule has 0 spiro atoms. The van der Waals surface area contributed by atoms with Gasteiger partial charge in [0.05, 0.1) is 25.0 Å². The number of nitrogens with two attached hydrogens (primary N) is 1. The minimum atomic E-state index is -0.373. The summed E-state index contributed by atoms with van der Waals surface area (Å²) in [6.45, 7) is 0. The first kappa shape index (κ1) is 12.0. The van der Waals surface area contributed by atoms with E-state index in [2.05, 4.69) is 31.2 Å². The molecule has 0 aliphatic rings. The van der Waals surface area contributed by atoms with Gasteiger partial charge in [0.1, 0.15) is 5.75 Å². The lowest BCUT2D eigenvalue weighted by molar-refractivity contribution is 0.405. The van der Waals surface area contributed by atoms with Gasteiger partial charge < -0.3 is 10.5 Å². The lowest BCUT2D eigenvalue weighted by Gasteiger charge is -2.15. The maximum Gasteiger partial charge on any atom is 0.153 e. The number of nitrogens with zero attached hydrogens (tertiary/aromatic N) is 4. The summed E-state index contributed by atoms with van der Waals surface area (Å²) in [6.07, 6.45) is 3.31. The lowest BCUT2D eigenvalue weighted by Crippen LogP contribution is -2.17. The van der Waals surface area contributed by atoms with Crippen LogP contribution >= 0.6 is 15.9 Å². The van der Waals surface area contributed by atoms with Gasteiger partial charge in [0, 0.05) is 18.8 Å². The molecule has 0 fully saturated rings. The first-order chi connectivity index (χ1) is 8.15. The number of halogens is 1. The van der Waals surface area contributed by atoms with Crippen LogP contribution in [-0.2, 0) is 7.05 Å². The van der Waals surface area contributed by atoms with Crippen molar-refractivity contribution in [3.8, 4) is 5.75 Å². The fraction of sp³-hybridized carbons (Fsp3) is 0.300. The molecule has 0 radical (unpaired) electrons. The van der Waals surface area contributed by atoms with Crippen molar-refractivity contribution in [2.24, 2.45) is 12.8 Å². The normalized spacial score (nSPS) is 12.5. The van der Waals surface area contributed by atoms with E-state index in [9.17, 15) is 0 Å². The summed E-state index contributed by atoms with van der Waals surface area (Å²) in [4.78, 5) is 3.99. The van der Waals surface area contributed by atoms with Crippen molar-refractivity contribution in [3.63, 3.8) is 0 Å². The van der Waals surface area contributed by atoms with Crippen LogP contribution in [0.25, 0.3) is 0 Å². The van der Waals surface area contributed by atoms with Crippen LogP contribution in [0.5, 0.6) is 5.75 Å². The highest BCUT2D eigenvalue weighted by atomic mass is 79.9. The molecule has 2 heterocycles. The van der Waals surface area contributed by atoms with Crippen LogP contribution in [-0.4, -0.2) is 27.1 Å². The molecule has 7 heteroatoms. The molecule has 2 aromatic rings. The first-order valence-electron chi connectivity index (χ1n) is 4.93. The van der Waals surface area contributed by atoms with E-state index in [1.165, 1.54) is 0 Å². The van der Waals surface area contributed by atoms with Gasteiger partial charge in [-0.25, -0.2) is 4.68 Å². The highest BCUT2D eigenvalue weighted by molar-refractivity contribution is 9.10. The van der Waals surface area contributed by atoms with Crippen LogP contribution < -0.4 is 10.5 Å². The van der Waals surface area contributed by atoms with Gasteiger partial charge >= 0.3 is 0 Å². The largest absolute Gasteiger partial charge is 0.495 e. The summed E-state index contributed by atoms with van der Waals surface area (Å²) in [5, 5.41) is 7.81. The van der Waals surface area contributed by atoms with Crippen LogP contribution in [0, 0.1) is 0 Å². The Hall–Kier alpha value is -1.47. The molecule has 0 bridgehead atoms. The molecular weight excluding hydrogens is 286 g/mol. The number of pyridine rings is 1. The van der Waals surface area contributed by atoms with Gasteiger partial charge in [-0.3, -0.25) is 4.98 Å². The molecule has 2 aromatic heterocycles. The van der Waals surface area contributed by atoms with E-state index >= 15 is 0 Å². The highest BCUT2D eigenvalue weighted by Gasteiger charge is 2.21. The molecule has 1 unspecified atom stereocenters. The number of aryl methyl sites for hydroxylation is 1. The average Bonchev–Trinajstić information content (AvgIpc) is 2.68. The van der Waals surface area contributed by atoms with Crippen LogP contribution in [0.3, 0.4) is 0 Å². The van der Waals surface area contributed by atoms with Crippen molar-refractivity contribution in [1.29, 1.82) is 0 Å². The van der Waals surface area contributed by atoms with Crippen molar-refractivity contribution in [3.05, 3.63) is 34.3 Å². The van der Waals surface area contributed by atoms with E-state index in [4.69, 9.17) is 10.5 Å². The molecule has 2 rings (SSSR count). The molecule has 0 aromatic carbocycles. The van der Waals surface area contributed by atoms with Crippen molar-refractivity contribution in [2.75, 3.05) is 7.11 Å². The predicted octanol–water partition coefficient (Wildman–Crippen LogP) is 1.03. The Bertz CT molecular complexity index is 508. The fourth-order valence-corrected chi connectivity index (χ4v) is 2.21. The smallest absolute Gasteiger partial charge is 0.153 e. The quantitative estimate of drug-likeness (QED) is 0.915. The minimum Gasteiger partial charge on any atom is -0.495 e. The van der Waals surface area contributed by atoms with E-state index in [1.807, 2.05) is 6.07 Å². The Labute approximate surface area is 107 Å². The highest BCUT2D eigenvalue weighted by Crippen LogP contribution is 2.29. The van der Waals surface area contributed by atoms with Crippen LogP contribution in [0.2, 0.25) is 0 Å². The number of hydrogen-bond donors (Lipinski definition) is 1. The Kier molecular flexibility index (Phi) is 3.39. The van der Waals surface area contributed by atoms with Crippen molar-refractivity contribution in [2.45, 2.75) is 6.04 Å². The third-order valence-electron chi connectivity index (χ3n) is 2.49. The first-order valence-corrected chi connectivity index (χ1v) is 5.73. The molecule has 0 aliphatic carbocycles. The SMILES string of the molecule is COc1cnccc1C(N)c1c(Br)nnn1C. The second kappa shape index (κ2) is 4.80. The molecule has 90 valence electrons. The van der Waals surface area contributed by atoms with E-state index < -0.39 is 0 Å². The predicted molar refractivity (Wildman–Crippen MR) is 65.5 cm³/mol. The van der Waals surface area contributed by atoms with E-state index in [-0.39, 0.29) is 6.04 Å². The van der Waals surface area contributed by atoms with Gasteiger partial charge in [0.15, 0.2) is 4.60 Å². The summed E-state index contributed by atoms with van der Waals surface area (Å²) in [6, 6.07) is 1.45. The van der Waals surface area contributed by atoms with Crippen molar-refractivity contribution in [1.82, 2.24) is 20.0 Å². The van der Waals surface area contributed by atoms with Crippen molar-refractivity contribution < 1.29 is 4.74 Å². The molecule has 2 N–H and O–H groups in total. The third-order valence-corrected chi connectivity index (χ3v) is 3.06. The topological polar surface area (TPSA) is 78.8 Å².